The van der Waals surface area contributed by atoms with Crippen LogP contribution >= 0.6 is 0 Å². The average Bonchev–Trinajstić information content (AvgIpc) is 2.78. The van der Waals surface area contributed by atoms with Crippen LogP contribution in [0.5, 0.6) is 5.75 Å². The van der Waals surface area contributed by atoms with E-state index in [9.17, 15) is 18.0 Å². The number of anilines is 2. The number of halogens is 3. The minimum atomic E-state index is -4.90. The molecule has 31 heavy (non-hydrogen) atoms. The maximum absolute atomic E-state index is 13.1. The number of ether oxygens (including phenoxy) is 1. The van der Waals surface area contributed by atoms with E-state index in [4.69, 9.17) is 4.74 Å². The van der Waals surface area contributed by atoms with E-state index in [0.29, 0.717) is 12.2 Å². The highest BCUT2D eigenvalue weighted by molar-refractivity contribution is 5.82. The minimum absolute atomic E-state index is 0.197. The molecule has 2 aromatic carbocycles. The Morgan fingerprint density at radius 3 is 2.35 bits per heavy atom. The van der Waals surface area contributed by atoms with Gasteiger partial charge in [0, 0.05) is 11.4 Å². The van der Waals surface area contributed by atoms with Gasteiger partial charge in [-0.15, -0.1) is 0 Å². The third-order valence-corrected chi connectivity index (χ3v) is 6.46. The summed E-state index contributed by atoms with van der Waals surface area (Å²) in [4.78, 5) is 14.1. The number of nitrogens with one attached hydrogen (secondary N) is 1. The minimum Gasteiger partial charge on any atom is -0.497 e. The number of nitrogens with zero attached hydrogens (tertiary/aromatic N) is 1. The lowest BCUT2D eigenvalue weighted by Gasteiger charge is -2.48. The highest BCUT2D eigenvalue weighted by Crippen LogP contribution is 2.43. The largest absolute Gasteiger partial charge is 0.497 e. The van der Waals surface area contributed by atoms with Gasteiger partial charge in [0.25, 0.3) is 0 Å². The van der Waals surface area contributed by atoms with Crippen molar-refractivity contribution in [1.29, 1.82) is 0 Å². The Morgan fingerprint density at radius 1 is 1.03 bits per heavy atom. The molecule has 4 rings (SSSR count). The zero-order chi connectivity index (χ0) is 22.0. The second-order valence-corrected chi connectivity index (χ2v) is 8.37. The highest BCUT2D eigenvalue weighted by Gasteiger charge is 2.45. The van der Waals surface area contributed by atoms with Crippen molar-refractivity contribution in [2.75, 3.05) is 12.0 Å². The standard InChI is InChI=1S/C24H27F3N2O2/c1-31-19-13-11-18(12-14-19)29-21-10-6-5-9-17(21)15-20(28-23(30)24(25,26)27)22(29)16-7-3-2-4-8-16/h5-6,9-14,16,20,22H,2-4,7-8,15H2,1H3,(H,28,30)/t20-,22+/m0/s1. The molecule has 1 fully saturated rings. The third kappa shape index (κ3) is 4.50. The van der Waals surface area contributed by atoms with Crippen LogP contribution in [-0.2, 0) is 11.2 Å². The van der Waals surface area contributed by atoms with E-state index < -0.39 is 18.1 Å². The molecule has 1 heterocycles. The summed E-state index contributed by atoms with van der Waals surface area (Å²) in [6.45, 7) is 0. The maximum atomic E-state index is 13.1. The van der Waals surface area contributed by atoms with Gasteiger partial charge in [-0.3, -0.25) is 4.79 Å². The molecule has 7 heteroatoms. The number of hydrogen-bond acceptors (Lipinski definition) is 3. The van der Waals surface area contributed by atoms with Crippen molar-refractivity contribution in [3.63, 3.8) is 0 Å². The highest BCUT2D eigenvalue weighted by atomic mass is 19.4. The Morgan fingerprint density at radius 2 is 1.71 bits per heavy atom. The van der Waals surface area contributed by atoms with Crippen LogP contribution in [0.3, 0.4) is 0 Å². The Labute approximate surface area is 180 Å². The van der Waals surface area contributed by atoms with Crippen molar-refractivity contribution in [3.8, 4) is 5.75 Å². The number of carbonyl (C=O) groups is 1. The topological polar surface area (TPSA) is 41.6 Å². The van der Waals surface area contributed by atoms with E-state index in [1.807, 2.05) is 48.5 Å². The van der Waals surface area contributed by atoms with Crippen LogP contribution in [-0.4, -0.2) is 31.3 Å². The molecule has 1 aliphatic heterocycles. The first-order chi connectivity index (χ1) is 14.9. The van der Waals surface area contributed by atoms with Gasteiger partial charge in [0.1, 0.15) is 5.75 Å². The number of carbonyl (C=O) groups excluding carboxylic acids is 1. The molecule has 0 spiro atoms. The Hall–Kier alpha value is -2.70. The number of benzene rings is 2. The van der Waals surface area contributed by atoms with E-state index >= 15 is 0 Å². The predicted octanol–water partition coefficient (Wildman–Crippen LogP) is 5.39. The van der Waals surface area contributed by atoms with Crippen molar-refractivity contribution in [2.45, 2.75) is 56.8 Å². The lowest BCUT2D eigenvalue weighted by molar-refractivity contribution is -0.174. The lowest BCUT2D eigenvalue weighted by Crippen LogP contribution is -2.59. The first-order valence-corrected chi connectivity index (χ1v) is 10.8. The fourth-order valence-corrected chi connectivity index (χ4v) is 5.07. The normalized spacial score (nSPS) is 22.0. The number of rotatable bonds is 4. The second kappa shape index (κ2) is 8.81. The molecule has 1 amide bonds. The van der Waals surface area contributed by atoms with Gasteiger partial charge >= 0.3 is 12.1 Å². The van der Waals surface area contributed by atoms with E-state index in [0.717, 1.165) is 49.0 Å². The van der Waals surface area contributed by atoms with Crippen LogP contribution < -0.4 is 15.0 Å². The molecule has 2 atom stereocenters. The summed E-state index contributed by atoms with van der Waals surface area (Å²) in [5.41, 5.74) is 2.80. The molecule has 0 radical (unpaired) electrons. The fourth-order valence-electron chi connectivity index (χ4n) is 5.07. The van der Waals surface area contributed by atoms with Crippen LogP contribution in [0.1, 0.15) is 37.7 Å². The SMILES string of the molecule is COc1ccc(N2c3ccccc3C[C@H](NC(=O)C(F)(F)F)[C@H]2C2CCCCC2)cc1. The molecule has 0 aromatic heterocycles. The quantitative estimate of drug-likeness (QED) is 0.705. The lowest BCUT2D eigenvalue weighted by atomic mass is 9.76. The molecule has 0 saturated heterocycles. The summed E-state index contributed by atoms with van der Waals surface area (Å²) in [5, 5.41) is 2.34. The molecular formula is C24H27F3N2O2. The molecule has 1 aliphatic carbocycles. The van der Waals surface area contributed by atoms with Gasteiger partial charge in [0.2, 0.25) is 0 Å². The molecular weight excluding hydrogens is 405 g/mol. The van der Waals surface area contributed by atoms with Crippen molar-refractivity contribution in [1.82, 2.24) is 5.32 Å². The van der Waals surface area contributed by atoms with Crippen LogP contribution in [0, 0.1) is 5.92 Å². The molecule has 2 aliphatic rings. The van der Waals surface area contributed by atoms with E-state index in [1.54, 1.807) is 7.11 Å². The maximum Gasteiger partial charge on any atom is 0.471 e. The molecule has 0 unspecified atom stereocenters. The first-order valence-electron chi connectivity index (χ1n) is 10.8. The summed E-state index contributed by atoms with van der Waals surface area (Å²) in [5.74, 6) is -0.958. The van der Waals surface area contributed by atoms with Crippen LogP contribution in [0.4, 0.5) is 24.5 Å². The Bertz CT molecular complexity index is 908. The summed E-state index contributed by atoms with van der Waals surface area (Å²) >= 11 is 0. The summed E-state index contributed by atoms with van der Waals surface area (Å²) in [7, 11) is 1.60. The molecule has 166 valence electrons. The van der Waals surface area contributed by atoms with E-state index in [2.05, 4.69) is 10.2 Å². The predicted molar refractivity (Wildman–Crippen MR) is 114 cm³/mol. The van der Waals surface area contributed by atoms with Gasteiger partial charge in [-0.1, -0.05) is 37.5 Å². The number of hydrogen-bond donors (Lipinski definition) is 1. The fraction of sp³-hybridized carbons (Fsp3) is 0.458. The Balaban J connectivity index is 1.79. The van der Waals surface area contributed by atoms with Crippen molar-refractivity contribution in [2.24, 2.45) is 5.92 Å². The van der Waals surface area contributed by atoms with Gasteiger partial charge in [0.15, 0.2) is 0 Å². The Kier molecular flexibility index (Phi) is 6.12. The van der Waals surface area contributed by atoms with Gasteiger partial charge in [0.05, 0.1) is 19.2 Å². The van der Waals surface area contributed by atoms with Gasteiger partial charge in [-0.2, -0.15) is 13.2 Å². The van der Waals surface area contributed by atoms with Crippen molar-refractivity contribution in [3.05, 3.63) is 54.1 Å². The number of alkyl halides is 3. The second-order valence-electron chi connectivity index (χ2n) is 8.37. The zero-order valence-corrected chi connectivity index (χ0v) is 17.5. The van der Waals surface area contributed by atoms with Gasteiger partial charge in [-0.25, -0.2) is 0 Å². The molecule has 2 aromatic rings. The van der Waals surface area contributed by atoms with Crippen LogP contribution in [0.15, 0.2) is 48.5 Å². The smallest absolute Gasteiger partial charge is 0.471 e. The molecule has 1 saturated carbocycles. The number of amides is 1. The molecule has 0 bridgehead atoms. The van der Waals surface area contributed by atoms with E-state index in [-0.39, 0.29) is 12.0 Å². The molecule has 1 N–H and O–H groups in total. The number of para-hydroxylation sites is 1. The van der Waals surface area contributed by atoms with Crippen LogP contribution in [0.2, 0.25) is 0 Å². The number of methoxy groups -OCH3 is 1. The van der Waals surface area contributed by atoms with Gasteiger partial charge < -0.3 is 15.0 Å². The number of fused-ring (bicyclic) bond motifs is 1. The van der Waals surface area contributed by atoms with Crippen molar-refractivity contribution < 1.29 is 22.7 Å². The average molecular weight is 432 g/mol. The monoisotopic (exact) mass is 432 g/mol. The van der Waals surface area contributed by atoms with Crippen LogP contribution in [0.25, 0.3) is 0 Å². The first kappa shape index (κ1) is 21.5. The molecule has 4 nitrogen and oxygen atoms in total. The zero-order valence-electron chi connectivity index (χ0n) is 17.5. The van der Waals surface area contributed by atoms with Gasteiger partial charge in [-0.05, 0) is 61.1 Å². The third-order valence-electron chi connectivity index (χ3n) is 6.46. The summed E-state index contributed by atoms with van der Waals surface area (Å²) in [6, 6.07) is 14.5. The van der Waals surface area contributed by atoms with Crippen molar-refractivity contribution >= 4 is 17.3 Å². The summed E-state index contributed by atoms with van der Waals surface area (Å²) < 4.78 is 44.7. The summed E-state index contributed by atoms with van der Waals surface area (Å²) in [6.07, 6.45) is 0.612. The van der Waals surface area contributed by atoms with E-state index in [1.165, 1.54) is 0 Å².